The molecule has 0 aromatic heterocycles. The molecule has 0 spiro atoms. The van der Waals surface area contributed by atoms with Crippen LogP contribution in [0.5, 0.6) is 0 Å². The molecule has 1 heterocycles. The molecule has 0 aromatic carbocycles. The molecule has 15 heavy (non-hydrogen) atoms. The molecule has 2 aliphatic rings. The van der Waals surface area contributed by atoms with E-state index in [0.29, 0.717) is 25.6 Å². The molecule has 1 saturated heterocycles. The van der Waals surface area contributed by atoms with Crippen molar-refractivity contribution in [3.8, 4) is 0 Å². The van der Waals surface area contributed by atoms with Crippen molar-refractivity contribution in [3.05, 3.63) is 0 Å². The zero-order valence-electron chi connectivity index (χ0n) is 9.24. The Labute approximate surface area is 90.2 Å². The minimum absolute atomic E-state index is 0.276. The fraction of sp³-hybridized carbons (Fsp3) is 0.909. The first-order chi connectivity index (χ1) is 7.09. The van der Waals surface area contributed by atoms with Crippen LogP contribution in [0.4, 0.5) is 4.79 Å². The first-order valence-corrected chi connectivity index (χ1v) is 5.73. The Morgan fingerprint density at radius 3 is 2.73 bits per heavy atom. The topological polar surface area (TPSA) is 49.8 Å². The summed E-state index contributed by atoms with van der Waals surface area (Å²) in [6.07, 6.45) is 3.44. The van der Waals surface area contributed by atoms with Gasteiger partial charge in [-0.2, -0.15) is 0 Å². The third kappa shape index (κ3) is 2.43. The summed E-state index contributed by atoms with van der Waals surface area (Å²) in [6, 6.07) is 0. The molecule has 1 amide bonds. The molecule has 86 valence electrons. The van der Waals surface area contributed by atoms with E-state index in [-0.39, 0.29) is 6.09 Å². The number of carbonyl (C=O) groups is 1. The van der Waals surface area contributed by atoms with Crippen molar-refractivity contribution >= 4 is 6.09 Å². The summed E-state index contributed by atoms with van der Waals surface area (Å²) in [7, 11) is 0. The highest BCUT2D eigenvalue weighted by molar-refractivity contribution is 5.69. The molecule has 0 atom stereocenters. The molecule has 4 nitrogen and oxygen atoms in total. The number of cyclic esters (lactones) is 1. The lowest BCUT2D eigenvalue weighted by Gasteiger charge is -2.36. The van der Waals surface area contributed by atoms with Gasteiger partial charge in [0.1, 0.15) is 6.61 Å². The van der Waals surface area contributed by atoms with Gasteiger partial charge < -0.3 is 14.7 Å². The zero-order valence-corrected chi connectivity index (χ0v) is 9.24. The second kappa shape index (κ2) is 4.00. The SMILES string of the molecule is CC1CCC(O)(CN2CCOC2=O)CC1. The van der Waals surface area contributed by atoms with E-state index in [1.165, 1.54) is 0 Å². The number of hydrogen-bond donors (Lipinski definition) is 1. The number of hydrogen-bond acceptors (Lipinski definition) is 3. The second-order valence-electron chi connectivity index (χ2n) is 4.94. The second-order valence-corrected chi connectivity index (χ2v) is 4.94. The summed E-state index contributed by atoms with van der Waals surface area (Å²) in [4.78, 5) is 12.9. The monoisotopic (exact) mass is 213 g/mol. The van der Waals surface area contributed by atoms with Crippen LogP contribution in [-0.4, -0.2) is 41.4 Å². The number of nitrogens with zero attached hydrogens (tertiary/aromatic N) is 1. The molecule has 2 rings (SSSR count). The molecular weight excluding hydrogens is 194 g/mol. The minimum atomic E-state index is -0.671. The van der Waals surface area contributed by atoms with Gasteiger partial charge in [-0.05, 0) is 31.6 Å². The van der Waals surface area contributed by atoms with Crippen molar-refractivity contribution in [2.75, 3.05) is 19.7 Å². The lowest BCUT2D eigenvalue weighted by Crippen LogP contribution is -2.45. The molecule has 1 saturated carbocycles. The van der Waals surface area contributed by atoms with Crippen LogP contribution < -0.4 is 0 Å². The van der Waals surface area contributed by atoms with Crippen LogP contribution in [0.3, 0.4) is 0 Å². The van der Waals surface area contributed by atoms with Crippen molar-refractivity contribution in [1.82, 2.24) is 4.90 Å². The van der Waals surface area contributed by atoms with Crippen LogP contribution in [-0.2, 0) is 4.74 Å². The average Bonchev–Trinajstić information content (AvgIpc) is 2.58. The van der Waals surface area contributed by atoms with Crippen LogP contribution in [0.15, 0.2) is 0 Å². The maximum atomic E-state index is 11.2. The number of carbonyl (C=O) groups excluding carboxylic acids is 1. The van der Waals surface area contributed by atoms with Gasteiger partial charge in [-0.25, -0.2) is 4.79 Å². The summed E-state index contributed by atoms with van der Waals surface area (Å²) in [5.41, 5.74) is -0.671. The summed E-state index contributed by atoms with van der Waals surface area (Å²) in [6.45, 7) is 3.74. The van der Waals surface area contributed by atoms with Gasteiger partial charge in [0.2, 0.25) is 0 Å². The highest BCUT2D eigenvalue weighted by Gasteiger charge is 2.36. The Morgan fingerprint density at radius 2 is 2.20 bits per heavy atom. The number of β-amino-alcohol motifs (C(OH)–C–C–N with tert-alkyl or cyclic N) is 1. The van der Waals surface area contributed by atoms with Gasteiger partial charge in [0.15, 0.2) is 0 Å². The van der Waals surface area contributed by atoms with Gasteiger partial charge in [-0.15, -0.1) is 0 Å². The highest BCUT2D eigenvalue weighted by atomic mass is 16.6. The Morgan fingerprint density at radius 1 is 1.53 bits per heavy atom. The van der Waals surface area contributed by atoms with Crippen LogP contribution in [0.25, 0.3) is 0 Å². The average molecular weight is 213 g/mol. The molecule has 0 aromatic rings. The molecule has 4 heteroatoms. The Kier molecular flexibility index (Phi) is 2.87. The van der Waals surface area contributed by atoms with E-state index in [9.17, 15) is 9.90 Å². The van der Waals surface area contributed by atoms with Crippen LogP contribution in [0.2, 0.25) is 0 Å². The minimum Gasteiger partial charge on any atom is -0.448 e. The number of ether oxygens (including phenoxy) is 1. The normalized spacial score (nSPS) is 36.8. The van der Waals surface area contributed by atoms with Crippen molar-refractivity contribution in [3.63, 3.8) is 0 Å². The Balaban J connectivity index is 1.90. The van der Waals surface area contributed by atoms with Crippen LogP contribution in [0.1, 0.15) is 32.6 Å². The molecule has 1 N–H and O–H groups in total. The fourth-order valence-corrected chi connectivity index (χ4v) is 2.38. The molecule has 1 aliphatic heterocycles. The summed E-state index contributed by atoms with van der Waals surface area (Å²) >= 11 is 0. The van der Waals surface area contributed by atoms with E-state index >= 15 is 0 Å². The number of aliphatic hydroxyl groups is 1. The van der Waals surface area contributed by atoms with E-state index in [1.807, 2.05) is 0 Å². The Hall–Kier alpha value is -0.770. The molecule has 2 fully saturated rings. The third-order valence-electron chi connectivity index (χ3n) is 3.54. The van der Waals surface area contributed by atoms with E-state index in [2.05, 4.69) is 6.92 Å². The largest absolute Gasteiger partial charge is 0.448 e. The van der Waals surface area contributed by atoms with Gasteiger partial charge in [0.05, 0.1) is 18.7 Å². The lowest BCUT2D eigenvalue weighted by atomic mass is 9.79. The summed E-state index contributed by atoms with van der Waals surface area (Å²) < 4.78 is 4.85. The molecule has 0 radical (unpaired) electrons. The molecule has 0 bridgehead atoms. The number of amides is 1. The fourth-order valence-electron chi connectivity index (χ4n) is 2.38. The van der Waals surface area contributed by atoms with E-state index in [0.717, 1.165) is 25.7 Å². The first kappa shape index (κ1) is 10.7. The Bertz CT molecular complexity index is 246. The van der Waals surface area contributed by atoms with Crippen molar-refractivity contribution in [2.24, 2.45) is 5.92 Å². The van der Waals surface area contributed by atoms with Gasteiger partial charge in [-0.3, -0.25) is 0 Å². The smallest absolute Gasteiger partial charge is 0.410 e. The van der Waals surface area contributed by atoms with Crippen molar-refractivity contribution < 1.29 is 14.6 Å². The van der Waals surface area contributed by atoms with E-state index in [1.54, 1.807) is 4.90 Å². The predicted octanol–water partition coefficient (Wildman–Crippen LogP) is 1.38. The van der Waals surface area contributed by atoms with Gasteiger partial charge in [0.25, 0.3) is 0 Å². The lowest BCUT2D eigenvalue weighted by molar-refractivity contribution is -0.0250. The number of rotatable bonds is 2. The quantitative estimate of drug-likeness (QED) is 0.754. The van der Waals surface area contributed by atoms with Gasteiger partial charge in [0, 0.05) is 0 Å². The van der Waals surface area contributed by atoms with E-state index in [4.69, 9.17) is 4.74 Å². The van der Waals surface area contributed by atoms with Crippen LogP contribution in [0, 0.1) is 5.92 Å². The van der Waals surface area contributed by atoms with Crippen LogP contribution >= 0.6 is 0 Å². The molecule has 1 aliphatic carbocycles. The summed E-state index contributed by atoms with van der Waals surface area (Å²) in [5, 5.41) is 10.3. The summed E-state index contributed by atoms with van der Waals surface area (Å²) in [5.74, 6) is 0.704. The van der Waals surface area contributed by atoms with Gasteiger partial charge in [-0.1, -0.05) is 6.92 Å². The zero-order chi connectivity index (χ0) is 10.9. The standard InChI is InChI=1S/C11H19NO3/c1-9-2-4-11(14,5-3-9)8-12-6-7-15-10(12)13/h9,14H,2-8H2,1H3. The molecular formula is C11H19NO3. The first-order valence-electron chi connectivity index (χ1n) is 5.73. The highest BCUT2D eigenvalue weighted by Crippen LogP contribution is 2.32. The predicted molar refractivity (Wildman–Crippen MR) is 55.5 cm³/mol. The maximum absolute atomic E-state index is 11.2. The van der Waals surface area contributed by atoms with Crippen molar-refractivity contribution in [2.45, 2.75) is 38.2 Å². The maximum Gasteiger partial charge on any atom is 0.410 e. The van der Waals surface area contributed by atoms with Gasteiger partial charge >= 0.3 is 6.09 Å². The van der Waals surface area contributed by atoms with E-state index < -0.39 is 5.60 Å². The molecule has 0 unspecified atom stereocenters. The van der Waals surface area contributed by atoms with Crippen molar-refractivity contribution in [1.29, 1.82) is 0 Å². The third-order valence-corrected chi connectivity index (χ3v) is 3.54.